The third-order valence-electron chi connectivity index (χ3n) is 4.65. The smallest absolute Gasteiger partial charge is 0.284 e. The highest BCUT2D eigenvalue weighted by Crippen LogP contribution is 2.19. The molecule has 0 aliphatic rings. The van der Waals surface area contributed by atoms with Crippen LogP contribution in [-0.4, -0.2) is 22.3 Å². The van der Waals surface area contributed by atoms with Crippen molar-refractivity contribution in [2.75, 3.05) is 6.61 Å². The number of nitrogens with zero attached hydrogens (tertiary/aromatic N) is 2. The molecule has 2 rings (SSSR count). The van der Waals surface area contributed by atoms with Crippen molar-refractivity contribution >= 4 is 5.91 Å². The van der Waals surface area contributed by atoms with Gasteiger partial charge in [0.15, 0.2) is 6.61 Å². The molecule has 0 aliphatic heterocycles. The summed E-state index contributed by atoms with van der Waals surface area (Å²) >= 11 is 0. The minimum Gasteiger partial charge on any atom is -0.483 e. The van der Waals surface area contributed by atoms with Gasteiger partial charge in [0.1, 0.15) is 5.75 Å². The van der Waals surface area contributed by atoms with Gasteiger partial charge < -0.3 is 4.74 Å². The zero-order valence-electron chi connectivity index (χ0n) is 16.0. The quantitative estimate of drug-likeness (QED) is 0.600. The number of carbonyl (C=O) groups is 1. The van der Waals surface area contributed by atoms with Gasteiger partial charge in [-0.05, 0) is 50.8 Å². The van der Waals surface area contributed by atoms with Crippen LogP contribution in [0.3, 0.4) is 0 Å². The monoisotopic (exact) mass is 342 g/mol. The molecule has 4 nitrogen and oxygen atoms in total. The number of ether oxygens (including phenoxy) is 1. The van der Waals surface area contributed by atoms with Crippen molar-refractivity contribution in [2.45, 2.75) is 66.2 Å². The van der Waals surface area contributed by atoms with Crippen LogP contribution in [0.1, 0.15) is 66.3 Å². The fraction of sp³-hybridized carbons (Fsp3) is 0.524. The van der Waals surface area contributed by atoms with Gasteiger partial charge in [-0.15, -0.1) is 0 Å². The molecule has 0 fully saturated rings. The van der Waals surface area contributed by atoms with Crippen molar-refractivity contribution in [2.24, 2.45) is 0 Å². The molecule has 1 aromatic carbocycles. The summed E-state index contributed by atoms with van der Waals surface area (Å²) in [5.74, 6) is 0.620. The van der Waals surface area contributed by atoms with Gasteiger partial charge in [0.25, 0.3) is 5.91 Å². The maximum atomic E-state index is 12.5. The average Bonchev–Trinajstić information content (AvgIpc) is 2.88. The molecule has 136 valence electrons. The lowest BCUT2D eigenvalue weighted by atomic mass is 10.0. The SMILES string of the molecule is CCCCCCCc1c(C)nn(C(=O)COc2ccccc2C)c1C. The van der Waals surface area contributed by atoms with Crippen LogP contribution in [-0.2, 0) is 6.42 Å². The van der Waals surface area contributed by atoms with Crippen molar-refractivity contribution in [3.05, 3.63) is 46.8 Å². The molecule has 0 bridgehead atoms. The first-order valence-electron chi connectivity index (χ1n) is 9.31. The first-order chi connectivity index (χ1) is 12.0. The van der Waals surface area contributed by atoms with Gasteiger partial charge in [-0.2, -0.15) is 5.10 Å². The Kier molecular flexibility index (Phi) is 7.23. The Balaban J connectivity index is 1.96. The van der Waals surface area contributed by atoms with Crippen LogP contribution in [0.4, 0.5) is 0 Å². The summed E-state index contributed by atoms with van der Waals surface area (Å²) in [6.45, 7) is 8.17. The van der Waals surface area contributed by atoms with Crippen LogP contribution >= 0.6 is 0 Å². The normalized spacial score (nSPS) is 10.9. The van der Waals surface area contributed by atoms with E-state index in [2.05, 4.69) is 12.0 Å². The first-order valence-corrected chi connectivity index (χ1v) is 9.31. The lowest BCUT2D eigenvalue weighted by molar-refractivity contribution is 0.0817. The molecule has 0 spiro atoms. The Bertz CT molecular complexity index is 704. The number of aryl methyl sites for hydroxylation is 2. The Morgan fingerprint density at radius 1 is 1.08 bits per heavy atom. The van der Waals surface area contributed by atoms with E-state index in [0.29, 0.717) is 0 Å². The summed E-state index contributed by atoms with van der Waals surface area (Å²) in [6, 6.07) is 7.72. The number of hydrogen-bond donors (Lipinski definition) is 0. The van der Waals surface area contributed by atoms with Crippen molar-refractivity contribution in [1.82, 2.24) is 9.78 Å². The molecule has 1 aromatic heterocycles. The molecule has 25 heavy (non-hydrogen) atoms. The van der Waals surface area contributed by atoms with Crippen LogP contribution in [0.15, 0.2) is 24.3 Å². The average molecular weight is 342 g/mol. The highest BCUT2D eigenvalue weighted by Gasteiger charge is 2.17. The zero-order chi connectivity index (χ0) is 18.2. The summed E-state index contributed by atoms with van der Waals surface area (Å²) in [5.41, 5.74) is 4.14. The maximum Gasteiger partial charge on any atom is 0.284 e. The largest absolute Gasteiger partial charge is 0.483 e. The number of carbonyl (C=O) groups excluding carboxylic acids is 1. The fourth-order valence-electron chi connectivity index (χ4n) is 3.10. The predicted octanol–water partition coefficient (Wildman–Crippen LogP) is 5.04. The van der Waals surface area contributed by atoms with E-state index < -0.39 is 0 Å². The predicted molar refractivity (Wildman–Crippen MR) is 101 cm³/mol. The van der Waals surface area contributed by atoms with Crippen molar-refractivity contribution in [3.8, 4) is 5.75 Å². The molecule has 2 aromatic rings. The van der Waals surface area contributed by atoms with Crippen LogP contribution in [0, 0.1) is 20.8 Å². The zero-order valence-corrected chi connectivity index (χ0v) is 16.0. The number of hydrogen-bond acceptors (Lipinski definition) is 3. The van der Waals surface area contributed by atoms with E-state index >= 15 is 0 Å². The molecular weight excluding hydrogens is 312 g/mol. The van der Waals surface area contributed by atoms with E-state index in [-0.39, 0.29) is 12.5 Å². The van der Waals surface area contributed by atoms with Gasteiger partial charge in [0, 0.05) is 5.69 Å². The number of benzene rings is 1. The van der Waals surface area contributed by atoms with Gasteiger partial charge >= 0.3 is 0 Å². The Morgan fingerprint density at radius 2 is 1.80 bits per heavy atom. The summed E-state index contributed by atoms with van der Waals surface area (Å²) in [5, 5.41) is 4.45. The molecule has 0 saturated heterocycles. The van der Waals surface area contributed by atoms with Gasteiger partial charge in [-0.1, -0.05) is 50.8 Å². The number of para-hydroxylation sites is 1. The Hall–Kier alpha value is -2.10. The Morgan fingerprint density at radius 3 is 2.52 bits per heavy atom. The lowest BCUT2D eigenvalue weighted by Crippen LogP contribution is -2.22. The highest BCUT2D eigenvalue weighted by atomic mass is 16.5. The minimum absolute atomic E-state index is 0.00273. The number of aromatic nitrogens is 2. The molecule has 0 N–H and O–H groups in total. The van der Waals surface area contributed by atoms with Crippen molar-refractivity contribution in [3.63, 3.8) is 0 Å². The molecule has 0 radical (unpaired) electrons. The van der Waals surface area contributed by atoms with Gasteiger partial charge in [-0.3, -0.25) is 4.79 Å². The van der Waals surface area contributed by atoms with Gasteiger partial charge in [0.2, 0.25) is 0 Å². The van der Waals surface area contributed by atoms with Gasteiger partial charge in [-0.25, -0.2) is 4.68 Å². The molecule has 0 aliphatic carbocycles. The molecule has 0 saturated carbocycles. The second-order valence-corrected chi connectivity index (χ2v) is 6.67. The van der Waals surface area contributed by atoms with E-state index in [4.69, 9.17) is 4.74 Å². The number of unbranched alkanes of at least 4 members (excludes halogenated alkanes) is 4. The Labute approximate surface area is 151 Å². The molecule has 0 unspecified atom stereocenters. The van der Waals surface area contributed by atoms with E-state index in [0.717, 1.165) is 35.5 Å². The van der Waals surface area contributed by atoms with Crippen LogP contribution in [0.5, 0.6) is 5.75 Å². The second kappa shape index (κ2) is 9.40. The van der Waals surface area contributed by atoms with Crippen molar-refractivity contribution < 1.29 is 9.53 Å². The summed E-state index contributed by atoms with van der Waals surface area (Å²) in [4.78, 5) is 12.5. The first kappa shape index (κ1) is 19.2. The second-order valence-electron chi connectivity index (χ2n) is 6.67. The van der Waals surface area contributed by atoms with E-state index in [1.54, 1.807) is 0 Å². The summed E-state index contributed by atoms with van der Waals surface area (Å²) in [6.07, 6.45) is 7.22. The molecule has 1 heterocycles. The topological polar surface area (TPSA) is 44.1 Å². The molecule has 0 atom stereocenters. The third kappa shape index (κ3) is 5.18. The van der Waals surface area contributed by atoms with Crippen LogP contribution < -0.4 is 4.74 Å². The van der Waals surface area contributed by atoms with Crippen LogP contribution in [0.2, 0.25) is 0 Å². The van der Waals surface area contributed by atoms with E-state index in [1.807, 2.05) is 45.0 Å². The van der Waals surface area contributed by atoms with Crippen molar-refractivity contribution in [1.29, 1.82) is 0 Å². The molecular formula is C21H30N2O2. The molecule has 4 heteroatoms. The fourth-order valence-corrected chi connectivity index (χ4v) is 3.10. The highest BCUT2D eigenvalue weighted by molar-refractivity contribution is 5.80. The van der Waals surface area contributed by atoms with E-state index in [9.17, 15) is 4.79 Å². The van der Waals surface area contributed by atoms with Crippen LogP contribution in [0.25, 0.3) is 0 Å². The number of rotatable bonds is 9. The maximum absolute atomic E-state index is 12.5. The standard InChI is InChI=1S/C21H30N2O2/c1-5-6-7-8-9-13-19-17(3)22-23(18(19)4)21(24)15-25-20-14-11-10-12-16(20)2/h10-12,14H,5-9,13,15H2,1-4H3. The lowest BCUT2D eigenvalue weighted by Gasteiger charge is -2.09. The molecule has 0 amide bonds. The third-order valence-corrected chi connectivity index (χ3v) is 4.65. The summed E-state index contributed by atoms with van der Waals surface area (Å²) < 4.78 is 7.18. The van der Waals surface area contributed by atoms with E-state index in [1.165, 1.54) is 35.9 Å². The minimum atomic E-state index is -0.124. The summed E-state index contributed by atoms with van der Waals surface area (Å²) in [7, 11) is 0. The van der Waals surface area contributed by atoms with Gasteiger partial charge in [0.05, 0.1) is 5.69 Å².